The van der Waals surface area contributed by atoms with E-state index in [1.165, 1.54) is 11.1 Å². The molecule has 0 saturated carbocycles. The first kappa shape index (κ1) is 9.00. The van der Waals surface area contributed by atoms with Crippen LogP contribution in [0.2, 0.25) is 0 Å². The molecule has 0 amide bonds. The summed E-state index contributed by atoms with van der Waals surface area (Å²) in [4.78, 5) is 14.6. The van der Waals surface area contributed by atoms with Crippen molar-refractivity contribution in [2.24, 2.45) is 0 Å². The summed E-state index contributed by atoms with van der Waals surface area (Å²) in [5.41, 5.74) is 3.53. The smallest absolute Gasteiger partial charge is 0.189 e. The highest BCUT2D eigenvalue weighted by Gasteiger charge is 2.03. The fraction of sp³-hybridized carbons (Fsp3) is 0.250. The molecule has 1 N–H and O–H groups in total. The average molecular weight is 187 g/mol. The summed E-state index contributed by atoms with van der Waals surface area (Å²) in [5.74, 6) is 0. The number of H-pyrrole nitrogens is 1. The van der Waals surface area contributed by atoms with Crippen LogP contribution in [-0.4, -0.2) is 4.98 Å². The van der Waals surface area contributed by atoms with Crippen molar-refractivity contribution in [3.8, 4) is 0 Å². The minimum atomic E-state index is 0.0875. The number of pyridine rings is 1. The molecule has 0 fully saturated rings. The first-order chi connectivity index (χ1) is 6.74. The van der Waals surface area contributed by atoms with Crippen LogP contribution in [0.1, 0.15) is 18.1 Å². The number of aromatic amines is 1. The van der Waals surface area contributed by atoms with Gasteiger partial charge in [-0.25, -0.2) is 0 Å². The Morgan fingerprint density at radius 2 is 2.07 bits per heavy atom. The monoisotopic (exact) mass is 187 g/mol. The zero-order valence-electron chi connectivity index (χ0n) is 8.42. The Balaban J connectivity index is 2.91. The van der Waals surface area contributed by atoms with Crippen LogP contribution in [-0.2, 0) is 6.42 Å². The zero-order valence-corrected chi connectivity index (χ0v) is 8.42. The molecule has 72 valence electrons. The van der Waals surface area contributed by atoms with Crippen LogP contribution in [0, 0.1) is 6.92 Å². The number of aryl methyl sites for hydroxylation is 2. The largest absolute Gasteiger partial charge is 0.361 e. The molecule has 0 aliphatic heterocycles. The van der Waals surface area contributed by atoms with Gasteiger partial charge in [-0.15, -0.1) is 0 Å². The zero-order chi connectivity index (χ0) is 10.1. The van der Waals surface area contributed by atoms with Gasteiger partial charge in [0, 0.05) is 17.6 Å². The molecule has 14 heavy (non-hydrogen) atoms. The van der Waals surface area contributed by atoms with Gasteiger partial charge in [0.15, 0.2) is 5.43 Å². The third-order valence-corrected chi connectivity index (χ3v) is 2.69. The van der Waals surface area contributed by atoms with Gasteiger partial charge in [0.25, 0.3) is 0 Å². The van der Waals surface area contributed by atoms with Gasteiger partial charge in [0.1, 0.15) is 0 Å². The SMILES string of the molecule is CCc1ccc2c(=O)cc[nH]c2c1C. The lowest BCUT2D eigenvalue weighted by atomic mass is 10.0. The molecule has 0 unspecified atom stereocenters. The Kier molecular flexibility index (Phi) is 2.12. The molecule has 0 radical (unpaired) electrons. The van der Waals surface area contributed by atoms with E-state index in [-0.39, 0.29) is 5.43 Å². The predicted molar refractivity (Wildman–Crippen MR) is 58.7 cm³/mol. The quantitative estimate of drug-likeness (QED) is 0.730. The molecule has 0 aliphatic carbocycles. The van der Waals surface area contributed by atoms with Crippen molar-refractivity contribution >= 4 is 10.9 Å². The predicted octanol–water partition coefficient (Wildman–Crippen LogP) is 2.40. The highest BCUT2D eigenvalue weighted by atomic mass is 16.1. The summed E-state index contributed by atoms with van der Waals surface area (Å²) in [5, 5.41) is 0.780. The minimum absolute atomic E-state index is 0.0875. The van der Waals surface area contributed by atoms with Crippen LogP contribution in [0.15, 0.2) is 29.2 Å². The molecular formula is C12H13NO. The summed E-state index contributed by atoms with van der Waals surface area (Å²) in [6.45, 7) is 4.17. The van der Waals surface area contributed by atoms with E-state index in [1.54, 1.807) is 12.3 Å². The number of aromatic nitrogens is 1. The van der Waals surface area contributed by atoms with Crippen molar-refractivity contribution < 1.29 is 0 Å². The standard InChI is InChI=1S/C12H13NO/c1-3-9-4-5-10-11(14)6-7-13-12(10)8(9)2/h4-7H,3H2,1-2H3,(H,13,14). The molecule has 2 aromatic rings. The Morgan fingerprint density at radius 1 is 1.29 bits per heavy atom. The van der Waals surface area contributed by atoms with E-state index >= 15 is 0 Å². The van der Waals surface area contributed by atoms with E-state index in [0.29, 0.717) is 0 Å². The Hall–Kier alpha value is -1.57. The van der Waals surface area contributed by atoms with Crippen molar-refractivity contribution in [1.29, 1.82) is 0 Å². The maximum atomic E-state index is 11.5. The van der Waals surface area contributed by atoms with E-state index in [9.17, 15) is 4.79 Å². The van der Waals surface area contributed by atoms with E-state index in [2.05, 4.69) is 18.8 Å². The van der Waals surface area contributed by atoms with Gasteiger partial charge in [-0.3, -0.25) is 4.79 Å². The summed E-state index contributed by atoms with van der Waals surface area (Å²) < 4.78 is 0. The lowest BCUT2D eigenvalue weighted by molar-refractivity contribution is 1.11. The summed E-state index contributed by atoms with van der Waals surface area (Å²) in [6, 6.07) is 5.50. The van der Waals surface area contributed by atoms with Crippen LogP contribution in [0.3, 0.4) is 0 Å². The number of hydrogen-bond donors (Lipinski definition) is 1. The van der Waals surface area contributed by atoms with Crippen molar-refractivity contribution in [3.05, 3.63) is 45.7 Å². The third-order valence-electron chi connectivity index (χ3n) is 2.69. The molecule has 2 heteroatoms. The van der Waals surface area contributed by atoms with Crippen LogP contribution in [0.4, 0.5) is 0 Å². The molecule has 2 rings (SSSR count). The fourth-order valence-corrected chi connectivity index (χ4v) is 1.82. The second-order valence-electron chi connectivity index (χ2n) is 3.47. The molecule has 0 atom stereocenters. The van der Waals surface area contributed by atoms with Gasteiger partial charge in [-0.05, 0) is 30.5 Å². The summed E-state index contributed by atoms with van der Waals surface area (Å²) >= 11 is 0. The van der Waals surface area contributed by atoms with E-state index in [1.807, 2.05) is 12.1 Å². The van der Waals surface area contributed by atoms with Crippen molar-refractivity contribution in [2.45, 2.75) is 20.3 Å². The third kappa shape index (κ3) is 1.23. The van der Waals surface area contributed by atoms with Crippen LogP contribution < -0.4 is 5.43 Å². The van der Waals surface area contributed by atoms with Crippen molar-refractivity contribution in [2.75, 3.05) is 0 Å². The number of rotatable bonds is 1. The van der Waals surface area contributed by atoms with Crippen LogP contribution in [0.25, 0.3) is 10.9 Å². The highest BCUT2D eigenvalue weighted by molar-refractivity contribution is 5.82. The van der Waals surface area contributed by atoms with Gasteiger partial charge < -0.3 is 4.98 Å². The van der Waals surface area contributed by atoms with Gasteiger partial charge in [0.05, 0.1) is 5.52 Å². The molecule has 1 heterocycles. The Morgan fingerprint density at radius 3 is 2.79 bits per heavy atom. The summed E-state index contributed by atoms with van der Waals surface area (Å²) in [6.07, 6.45) is 2.70. The topological polar surface area (TPSA) is 32.9 Å². The number of hydrogen-bond acceptors (Lipinski definition) is 1. The molecule has 0 saturated heterocycles. The molecule has 2 nitrogen and oxygen atoms in total. The van der Waals surface area contributed by atoms with Gasteiger partial charge in [-0.2, -0.15) is 0 Å². The van der Waals surface area contributed by atoms with Gasteiger partial charge in [-0.1, -0.05) is 13.0 Å². The fourth-order valence-electron chi connectivity index (χ4n) is 1.82. The normalized spacial score (nSPS) is 10.7. The molecular weight excluding hydrogens is 174 g/mol. The van der Waals surface area contributed by atoms with Crippen molar-refractivity contribution in [3.63, 3.8) is 0 Å². The highest BCUT2D eigenvalue weighted by Crippen LogP contribution is 2.17. The molecule has 0 aliphatic rings. The maximum absolute atomic E-state index is 11.5. The lowest BCUT2D eigenvalue weighted by Crippen LogP contribution is -2.02. The Labute approximate surface area is 82.6 Å². The van der Waals surface area contributed by atoms with Gasteiger partial charge in [0.2, 0.25) is 0 Å². The molecule has 1 aromatic heterocycles. The molecule has 0 bridgehead atoms. The minimum Gasteiger partial charge on any atom is -0.361 e. The van der Waals surface area contributed by atoms with Crippen LogP contribution in [0.5, 0.6) is 0 Å². The number of benzene rings is 1. The first-order valence-corrected chi connectivity index (χ1v) is 4.84. The number of fused-ring (bicyclic) bond motifs is 1. The lowest BCUT2D eigenvalue weighted by Gasteiger charge is -2.06. The summed E-state index contributed by atoms with van der Waals surface area (Å²) in [7, 11) is 0. The van der Waals surface area contributed by atoms with E-state index in [0.717, 1.165) is 17.3 Å². The molecule has 1 aromatic carbocycles. The van der Waals surface area contributed by atoms with Crippen LogP contribution >= 0.6 is 0 Å². The maximum Gasteiger partial charge on any atom is 0.189 e. The average Bonchev–Trinajstić information content (AvgIpc) is 2.20. The number of nitrogens with one attached hydrogen (secondary N) is 1. The molecule has 0 spiro atoms. The van der Waals surface area contributed by atoms with E-state index < -0.39 is 0 Å². The van der Waals surface area contributed by atoms with Gasteiger partial charge >= 0.3 is 0 Å². The second kappa shape index (κ2) is 3.29. The first-order valence-electron chi connectivity index (χ1n) is 4.84. The second-order valence-corrected chi connectivity index (χ2v) is 3.47. The van der Waals surface area contributed by atoms with E-state index in [4.69, 9.17) is 0 Å². The van der Waals surface area contributed by atoms with Crippen molar-refractivity contribution in [1.82, 2.24) is 4.98 Å². The Bertz CT molecular complexity index is 525.